The Kier molecular flexibility index (Phi) is 7.07. The van der Waals surface area contributed by atoms with Crippen molar-refractivity contribution in [1.29, 1.82) is 5.26 Å². The van der Waals surface area contributed by atoms with Gasteiger partial charge in [-0.05, 0) is 31.5 Å². The second kappa shape index (κ2) is 9.48. The first kappa shape index (κ1) is 20.9. The van der Waals surface area contributed by atoms with Crippen LogP contribution in [0.4, 0.5) is 5.69 Å². The van der Waals surface area contributed by atoms with Crippen LogP contribution in [0.2, 0.25) is 0 Å². The maximum Gasteiger partial charge on any atom is 0.340 e. The first-order chi connectivity index (χ1) is 13.5. The molecule has 8 heteroatoms. The molecule has 1 N–H and O–H groups in total. The lowest BCUT2D eigenvalue weighted by Crippen LogP contribution is -2.26. The molecule has 2 rings (SSSR count). The number of hydrogen-bond acceptors (Lipinski definition) is 7. The van der Waals surface area contributed by atoms with E-state index in [0.29, 0.717) is 11.3 Å². The number of methoxy groups -OCH3 is 1. The average Bonchev–Trinajstić information content (AvgIpc) is 2.68. The highest BCUT2D eigenvalue weighted by Crippen LogP contribution is 2.23. The molecule has 0 unspecified atom stereocenters. The van der Waals surface area contributed by atoms with Crippen LogP contribution in [0.25, 0.3) is 0 Å². The van der Waals surface area contributed by atoms with Gasteiger partial charge in [-0.15, -0.1) is 0 Å². The number of para-hydroxylation sites is 1. The summed E-state index contributed by atoms with van der Waals surface area (Å²) in [5.74, 6) is -0.838. The van der Waals surface area contributed by atoms with E-state index in [-0.39, 0.29) is 42.3 Å². The van der Waals surface area contributed by atoms with Gasteiger partial charge in [-0.2, -0.15) is 5.26 Å². The van der Waals surface area contributed by atoms with Crippen LogP contribution in [0, 0.1) is 18.3 Å². The quantitative estimate of drug-likeness (QED) is 0.580. The first-order valence-corrected chi connectivity index (χ1v) is 8.61. The molecule has 2 aromatic rings. The number of rotatable bonds is 7. The van der Waals surface area contributed by atoms with Crippen LogP contribution in [0.5, 0.6) is 5.88 Å². The van der Waals surface area contributed by atoms with Crippen molar-refractivity contribution in [3.63, 3.8) is 0 Å². The molecule has 0 fully saturated rings. The largest absolute Gasteiger partial charge is 0.494 e. The molecule has 1 aromatic heterocycles. The van der Waals surface area contributed by atoms with Gasteiger partial charge in [-0.25, -0.2) is 4.79 Å². The molecular formula is C20H21N3O5. The van der Waals surface area contributed by atoms with E-state index in [1.54, 1.807) is 38.1 Å². The lowest BCUT2D eigenvalue weighted by molar-refractivity contribution is 0.0527. The number of esters is 1. The fourth-order valence-electron chi connectivity index (χ4n) is 2.62. The van der Waals surface area contributed by atoms with Gasteiger partial charge >= 0.3 is 5.97 Å². The summed E-state index contributed by atoms with van der Waals surface area (Å²) in [7, 11) is 1.47. The molecular weight excluding hydrogens is 362 g/mol. The molecule has 1 aromatic carbocycles. The summed E-state index contributed by atoms with van der Waals surface area (Å²) in [6.45, 7) is 3.75. The second-order valence-corrected chi connectivity index (χ2v) is 5.79. The predicted molar refractivity (Wildman–Crippen MR) is 103 cm³/mol. The Labute approximate surface area is 162 Å². The third-order valence-corrected chi connectivity index (χ3v) is 4.10. The highest BCUT2D eigenvalue weighted by molar-refractivity contribution is 5.97. The molecule has 0 aliphatic carbocycles. The number of aromatic hydroxyl groups is 1. The van der Waals surface area contributed by atoms with Crippen LogP contribution < -0.4 is 5.56 Å². The van der Waals surface area contributed by atoms with Crippen LogP contribution in [0.15, 0.2) is 34.1 Å². The number of aliphatic imine (C=N–C) groups is 1. The molecule has 0 amide bonds. The highest BCUT2D eigenvalue weighted by atomic mass is 16.5. The zero-order valence-electron chi connectivity index (χ0n) is 15.9. The number of nitrogens with zero attached hydrogens (tertiary/aromatic N) is 3. The average molecular weight is 383 g/mol. The van der Waals surface area contributed by atoms with E-state index >= 15 is 0 Å². The number of hydrogen-bond donors (Lipinski definition) is 1. The van der Waals surface area contributed by atoms with E-state index < -0.39 is 11.5 Å². The van der Waals surface area contributed by atoms with Crippen molar-refractivity contribution in [3.8, 4) is 11.9 Å². The van der Waals surface area contributed by atoms with Gasteiger partial charge in [0, 0.05) is 13.3 Å². The van der Waals surface area contributed by atoms with Crippen molar-refractivity contribution < 1.29 is 19.4 Å². The first-order valence-electron chi connectivity index (χ1n) is 8.61. The fraction of sp³-hybridized carbons (Fsp3) is 0.300. The summed E-state index contributed by atoms with van der Waals surface area (Å²) in [6, 6.07) is 8.48. The second-order valence-electron chi connectivity index (χ2n) is 5.79. The molecule has 0 saturated heterocycles. The minimum absolute atomic E-state index is 0.0797. The number of carbonyl (C=O) groups excluding carboxylic acids is 1. The molecule has 0 aliphatic rings. The monoisotopic (exact) mass is 383 g/mol. The van der Waals surface area contributed by atoms with Gasteiger partial charge in [0.05, 0.1) is 36.6 Å². The van der Waals surface area contributed by atoms with Gasteiger partial charge in [0.2, 0.25) is 5.88 Å². The van der Waals surface area contributed by atoms with E-state index in [4.69, 9.17) is 9.47 Å². The van der Waals surface area contributed by atoms with Crippen molar-refractivity contribution >= 4 is 17.9 Å². The minimum atomic E-state index is -0.598. The van der Waals surface area contributed by atoms with Gasteiger partial charge in [0.15, 0.2) is 0 Å². The number of nitriles is 1. The summed E-state index contributed by atoms with van der Waals surface area (Å²) >= 11 is 0. The zero-order chi connectivity index (χ0) is 20.7. The van der Waals surface area contributed by atoms with Gasteiger partial charge in [-0.3, -0.25) is 14.4 Å². The van der Waals surface area contributed by atoms with Crippen molar-refractivity contribution in [2.24, 2.45) is 4.99 Å². The number of benzene rings is 1. The van der Waals surface area contributed by atoms with E-state index in [2.05, 4.69) is 4.99 Å². The summed E-state index contributed by atoms with van der Waals surface area (Å²) in [5.41, 5.74) is 0.438. The standard InChI is InChI=1S/C20H21N3O5/c1-4-28-20(26)14-7-5-6-8-17(14)22-12-16-13(2)15(11-21)18(24)23(19(16)25)9-10-27-3/h5-8,12,25H,4,9-10H2,1-3H3. The Bertz CT molecular complexity index is 1000. The Morgan fingerprint density at radius 1 is 1.39 bits per heavy atom. The van der Waals surface area contributed by atoms with Crippen LogP contribution >= 0.6 is 0 Å². The lowest BCUT2D eigenvalue weighted by Gasteiger charge is -2.13. The topological polar surface area (TPSA) is 114 Å². The smallest absolute Gasteiger partial charge is 0.340 e. The Morgan fingerprint density at radius 3 is 2.75 bits per heavy atom. The Morgan fingerprint density at radius 2 is 2.11 bits per heavy atom. The molecule has 1 heterocycles. The number of ether oxygens (including phenoxy) is 2. The van der Waals surface area contributed by atoms with Gasteiger partial charge < -0.3 is 14.6 Å². The molecule has 0 atom stereocenters. The van der Waals surface area contributed by atoms with Crippen LogP contribution in [0.3, 0.4) is 0 Å². The summed E-state index contributed by atoms with van der Waals surface area (Å²) in [4.78, 5) is 28.8. The SMILES string of the molecule is CCOC(=O)c1ccccc1N=Cc1c(C)c(C#N)c(=O)n(CCOC)c1O. The zero-order valence-corrected chi connectivity index (χ0v) is 15.9. The fourth-order valence-corrected chi connectivity index (χ4v) is 2.62. The lowest BCUT2D eigenvalue weighted by atomic mass is 10.1. The summed E-state index contributed by atoms with van der Waals surface area (Å²) in [6.07, 6.45) is 1.33. The molecule has 146 valence electrons. The third kappa shape index (κ3) is 4.27. The predicted octanol–water partition coefficient (Wildman–Crippen LogP) is 2.31. The van der Waals surface area contributed by atoms with Gasteiger partial charge in [0.25, 0.3) is 5.56 Å². The Hall–Kier alpha value is -3.44. The van der Waals surface area contributed by atoms with Gasteiger partial charge in [0.1, 0.15) is 11.6 Å². The molecule has 0 saturated carbocycles. The van der Waals surface area contributed by atoms with E-state index in [0.717, 1.165) is 4.57 Å². The maximum absolute atomic E-state index is 12.4. The van der Waals surface area contributed by atoms with Crippen LogP contribution in [-0.2, 0) is 16.0 Å². The summed E-state index contributed by atoms with van der Waals surface area (Å²) in [5, 5.41) is 19.9. The van der Waals surface area contributed by atoms with Crippen molar-refractivity contribution in [2.45, 2.75) is 20.4 Å². The van der Waals surface area contributed by atoms with Crippen LogP contribution in [0.1, 0.15) is 34.0 Å². The van der Waals surface area contributed by atoms with E-state index in [1.807, 2.05) is 6.07 Å². The summed E-state index contributed by atoms with van der Waals surface area (Å²) < 4.78 is 11.0. The molecule has 28 heavy (non-hydrogen) atoms. The molecule has 8 nitrogen and oxygen atoms in total. The van der Waals surface area contributed by atoms with E-state index in [9.17, 15) is 20.0 Å². The molecule has 0 aliphatic heterocycles. The molecule has 0 spiro atoms. The number of pyridine rings is 1. The van der Waals surface area contributed by atoms with Crippen LogP contribution in [-0.4, -0.2) is 42.2 Å². The van der Waals surface area contributed by atoms with Crippen molar-refractivity contribution in [1.82, 2.24) is 4.57 Å². The van der Waals surface area contributed by atoms with Crippen molar-refractivity contribution in [3.05, 3.63) is 56.9 Å². The van der Waals surface area contributed by atoms with Crippen molar-refractivity contribution in [2.75, 3.05) is 20.3 Å². The third-order valence-electron chi connectivity index (χ3n) is 4.10. The molecule has 0 bridgehead atoms. The van der Waals surface area contributed by atoms with E-state index in [1.165, 1.54) is 13.3 Å². The maximum atomic E-state index is 12.4. The van der Waals surface area contributed by atoms with Gasteiger partial charge in [-0.1, -0.05) is 12.1 Å². The highest BCUT2D eigenvalue weighted by Gasteiger charge is 2.18. The normalized spacial score (nSPS) is 10.8. The Balaban J connectivity index is 2.57. The molecule has 0 radical (unpaired) electrons. The number of aromatic nitrogens is 1. The number of carbonyl (C=O) groups is 1. The minimum Gasteiger partial charge on any atom is -0.494 e.